The SMILES string of the molecule is CNC(=O)[C@@H](C)CNS(=O)(=O)c1sc2c(c1C(=O)O)CCNC2. The van der Waals surface area contributed by atoms with Gasteiger partial charge in [-0.2, -0.15) is 0 Å². The Bertz CT molecular complexity index is 726. The zero-order chi connectivity index (χ0) is 17.2. The maximum atomic E-state index is 12.5. The normalized spacial score (nSPS) is 15.7. The molecule has 1 aromatic heterocycles. The van der Waals surface area contributed by atoms with Crippen LogP contribution in [0.25, 0.3) is 0 Å². The van der Waals surface area contributed by atoms with E-state index in [1.807, 2.05) is 0 Å². The van der Waals surface area contributed by atoms with Gasteiger partial charge in [0.15, 0.2) is 0 Å². The summed E-state index contributed by atoms with van der Waals surface area (Å²) in [5, 5.41) is 14.9. The predicted molar refractivity (Wildman–Crippen MR) is 85.1 cm³/mol. The topological polar surface area (TPSA) is 125 Å². The number of fused-ring (bicyclic) bond motifs is 1. The first-order valence-corrected chi connectivity index (χ1v) is 9.37. The van der Waals surface area contributed by atoms with E-state index in [0.717, 1.165) is 16.2 Å². The number of carbonyl (C=O) groups is 2. The van der Waals surface area contributed by atoms with Crippen molar-refractivity contribution in [2.75, 3.05) is 20.1 Å². The Morgan fingerprint density at radius 2 is 2.13 bits per heavy atom. The number of carboxylic acids is 1. The average molecular weight is 361 g/mol. The molecule has 0 unspecified atom stereocenters. The van der Waals surface area contributed by atoms with Gasteiger partial charge in [0.05, 0.1) is 5.56 Å². The van der Waals surface area contributed by atoms with Crippen molar-refractivity contribution in [1.29, 1.82) is 0 Å². The molecule has 1 aromatic rings. The minimum atomic E-state index is -3.99. The molecule has 0 aromatic carbocycles. The smallest absolute Gasteiger partial charge is 0.338 e. The van der Waals surface area contributed by atoms with Gasteiger partial charge in [0.1, 0.15) is 4.21 Å². The minimum absolute atomic E-state index is 0.0954. The fourth-order valence-electron chi connectivity index (χ4n) is 2.35. The van der Waals surface area contributed by atoms with Crippen LogP contribution in [0.2, 0.25) is 0 Å². The summed E-state index contributed by atoms with van der Waals surface area (Å²) >= 11 is 0.969. The first kappa shape index (κ1) is 17.9. The van der Waals surface area contributed by atoms with Gasteiger partial charge >= 0.3 is 5.97 Å². The van der Waals surface area contributed by atoms with Crippen LogP contribution in [0.15, 0.2) is 4.21 Å². The highest BCUT2D eigenvalue weighted by Gasteiger charge is 2.32. The molecule has 1 amide bonds. The number of rotatable bonds is 6. The fourth-order valence-corrected chi connectivity index (χ4v) is 5.39. The molecule has 0 saturated carbocycles. The van der Waals surface area contributed by atoms with Gasteiger partial charge in [-0.15, -0.1) is 11.3 Å². The van der Waals surface area contributed by atoms with E-state index in [0.29, 0.717) is 25.1 Å². The van der Waals surface area contributed by atoms with Crippen molar-refractivity contribution in [2.24, 2.45) is 5.92 Å². The molecule has 1 aliphatic heterocycles. The molecule has 2 heterocycles. The molecule has 0 radical (unpaired) electrons. The Labute approximate surface area is 138 Å². The molecule has 0 aliphatic carbocycles. The second-order valence-electron chi connectivity index (χ2n) is 5.27. The lowest BCUT2D eigenvalue weighted by molar-refractivity contribution is -0.123. The summed E-state index contributed by atoms with van der Waals surface area (Å²) in [5.41, 5.74) is 0.438. The molecule has 128 valence electrons. The Balaban J connectivity index is 2.31. The summed E-state index contributed by atoms with van der Waals surface area (Å²) in [7, 11) is -2.52. The van der Waals surface area contributed by atoms with Crippen molar-refractivity contribution < 1.29 is 23.1 Å². The maximum Gasteiger partial charge on any atom is 0.338 e. The number of amides is 1. The second-order valence-corrected chi connectivity index (χ2v) is 8.33. The van der Waals surface area contributed by atoms with Crippen LogP contribution in [-0.4, -0.2) is 45.5 Å². The molecule has 1 atom stereocenters. The van der Waals surface area contributed by atoms with Crippen LogP contribution in [0.1, 0.15) is 27.7 Å². The Morgan fingerprint density at radius 1 is 1.43 bits per heavy atom. The van der Waals surface area contributed by atoms with Crippen LogP contribution in [0.3, 0.4) is 0 Å². The predicted octanol–water partition coefficient (Wildman–Crippen LogP) is -0.248. The summed E-state index contributed by atoms with van der Waals surface area (Å²) in [4.78, 5) is 23.7. The molecule has 8 nitrogen and oxygen atoms in total. The van der Waals surface area contributed by atoms with E-state index in [1.54, 1.807) is 6.92 Å². The number of hydrogen-bond donors (Lipinski definition) is 4. The van der Waals surface area contributed by atoms with Gasteiger partial charge in [-0.25, -0.2) is 17.9 Å². The molecular formula is C13H19N3O5S2. The van der Waals surface area contributed by atoms with Crippen molar-refractivity contribution >= 4 is 33.2 Å². The lowest BCUT2D eigenvalue weighted by Gasteiger charge is -2.13. The summed E-state index contributed by atoms with van der Waals surface area (Å²) in [6, 6.07) is 0. The Hall–Kier alpha value is -1.49. The fraction of sp³-hybridized carbons (Fsp3) is 0.538. The van der Waals surface area contributed by atoms with E-state index in [1.165, 1.54) is 7.05 Å². The lowest BCUT2D eigenvalue weighted by Crippen LogP contribution is -2.36. The third-order valence-electron chi connectivity index (χ3n) is 3.63. The van der Waals surface area contributed by atoms with Crippen LogP contribution < -0.4 is 15.4 Å². The standard InChI is InChI=1S/C13H19N3O5S2/c1-7(11(17)14-2)5-16-23(20,21)13-10(12(18)19)8-3-4-15-6-9(8)22-13/h7,15-16H,3-6H2,1-2H3,(H,14,17)(H,18,19)/t7-/m0/s1. The van der Waals surface area contributed by atoms with Gasteiger partial charge in [0.2, 0.25) is 5.91 Å². The number of aromatic carboxylic acids is 1. The van der Waals surface area contributed by atoms with Crippen molar-refractivity contribution in [2.45, 2.75) is 24.1 Å². The van der Waals surface area contributed by atoms with Crippen LogP contribution in [0.4, 0.5) is 0 Å². The van der Waals surface area contributed by atoms with E-state index >= 15 is 0 Å². The van der Waals surface area contributed by atoms with E-state index in [-0.39, 0.29) is 22.2 Å². The number of carbonyl (C=O) groups excluding carboxylic acids is 1. The summed E-state index contributed by atoms with van der Waals surface area (Å²) in [6.45, 7) is 2.57. The van der Waals surface area contributed by atoms with Crippen molar-refractivity contribution in [3.8, 4) is 0 Å². The van der Waals surface area contributed by atoms with Gasteiger partial charge in [-0.05, 0) is 18.5 Å². The lowest BCUT2D eigenvalue weighted by atomic mass is 10.1. The largest absolute Gasteiger partial charge is 0.478 e. The maximum absolute atomic E-state index is 12.5. The molecule has 0 spiro atoms. The third kappa shape index (κ3) is 3.71. The Morgan fingerprint density at radius 3 is 2.74 bits per heavy atom. The Kier molecular flexibility index (Phi) is 5.40. The molecule has 4 N–H and O–H groups in total. The number of sulfonamides is 1. The summed E-state index contributed by atoms with van der Waals surface area (Å²) in [6.07, 6.45) is 0.484. The summed E-state index contributed by atoms with van der Waals surface area (Å²) in [5.74, 6) is -2.09. The first-order valence-electron chi connectivity index (χ1n) is 7.07. The van der Waals surface area contributed by atoms with Crippen molar-refractivity contribution in [1.82, 2.24) is 15.4 Å². The van der Waals surface area contributed by atoms with Crippen molar-refractivity contribution in [3.05, 3.63) is 16.0 Å². The highest BCUT2D eigenvalue weighted by Crippen LogP contribution is 2.34. The monoisotopic (exact) mass is 361 g/mol. The number of hydrogen-bond acceptors (Lipinski definition) is 6. The van der Waals surface area contributed by atoms with Crippen LogP contribution >= 0.6 is 11.3 Å². The van der Waals surface area contributed by atoms with E-state index in [4.69, 9.17) is 0 Å². The molecule has 1 aliphatic rings. The van der Waals surface area contributed by atoms with E-state index in [2.05, 4.69) is 15.4 Å². The molecule has 0 saturated heterocycles. The highest BCUT2D eigenvalue weighted by molar-refractivity contribution is 7.91. The van der Waals surface area contributed by atoms with E-state index < -0.39 is 21.9 Å². The van der Waals surface area contributed by atoms with Crippen LogP contribution in [0, 0.1) is 5.92 Å². The number of thiophene rings is 1. The molecule has 0 fully saturated rings. The average Bonchev–Trinajstić information content (AvgIpc) is 2.92. The molecule has 0 bridgehead atoms. The zero-order valence-electron chi connectivity index (χ0n) is 12.8. The third-order valence-corrected chi connectivity index (χ3v) is 6.80. The zero-order valence-corrected chi connectivity index (χ0v) is 14.4. The van der Waals surface area contributed by atoms with Gasteiger partial charge in [0.25, 0.3) is 10.0 Å². The van der Waals surface area contributed by atoms with Gasteiger partial charge in [-0.3, -0.25) is 4.79 Å². The van der Waals surface area contributed by atoms with Gasteiger partial charge in [0, 0.05) is 30.9 Å². The second kappa shape index (κ2) is 6.95. The molecule has 10 heteroatoms. The molecule has 2 rings (SSSR count). The molecular weight excluding hydrogens is 342 g/mol. The summed E-state index contributed by atoms with van der Waals surface area (Å²) < 4.78 is 27.1. The van der Waals surface area contributed by atoms with E-state index in [9.17, 15) is 23.1 Å². The number of carboxylic acid groups (broad SMARTS) is 1. The van der Waals surface area contributed by atoms with Crippen LogP contribution in [0.5, 0.6) is 0 Å². The van der Waals surface area contributed by atoms with Crippen molar-refractivity contribution in [3.63, 3.8) is 0 Å². The van der Waals surface area contributed by atoms with Crippen LogP contribution in [-0.2, 0) is 27.8 Å². The molecule has 23 heavy (non-hydrogen) atoms. The minimum Gasteiger partial charge on any atom is -0.478 e. The quantitative estimate of drug-likeness (QED) is 0.554. The first-order chi connectivity index (χ1) is 10.8. The van der Waals surface area contributed by atoms with Gasteiger partial charge in [-0.1, -0.05) is 6.92 Å². The number of nitrogens with one attached hydrogen (secondary N) is 3. The highest BCUT2D eigenvalue weighted by atomic mass is 32.2. The van der Waals surface area contributed by atoms with Gasteiger partial charge < -0.3 is 15.7 Å².